The number of fused-ring (bicyclic) bond motifs is 2. The molecule has 7 heteroatoms. The van der Waals surface area contributed by atoms with Gasteiger partial charge in [0.15, 0.2) is 0 Å². The number of carbonyl (C=O) groups excluding carboxylic acids is 1. The molecule has 1 amide bonds. The van der Waals surface area contributed by atoms with E-state index in [2.05, 4.69) is 36.8 Å². The molecular formula is C23H30N4O2S. The standard InChI is InChI=1S/C23H30N4O2S/c1-6-26-14-17(29-20-10-8-7-9-19(20)26)13-25(5)22(28)21-11-18-16(4)24-27(12-15(2)3)23(18)30-21/h7-11,15,17H,6,12-14H2,1-5H3. The molecule has 0 aliphatic carbocycles. The van der Waals surface area contributed by atoms with E-state index in [9.17, 15) is 4.79 Å². The predicted molar refractivity (Wildman–Crippen MR) is 123 cm³/mol. The summed E-state index contributed by atoms with van der Waals surface area (Å²) in [5, 5.41) is 5.73. The van der Waals surface area contributed by atoms with E-state index in [0.29, 0.717) is 12.5 Å². The van der Waals surface area contributed by atoms with Gasteiger partial charge in [-0.1, -0.05) is 26.0 Å². The number of hydrogen-bond acceptors (Lipinski definition) is 5. The van der Waals surface area contributed by atoms with E-state index in [1.54, 1.807) is 4.90 Å². The van der Waals surface area contributed by atoms with Crippen LogP contribution in [0.15, 0.2) is 30.3 Å². The van der Waals surface area contributed by atoms with Crippen LogP contribution in [0.2, 0.25) is 0 Å². The van der Waals surface area contributed by atoms with Gasteiger partial charge in [0.25, 0.3) is 5.91 Å². The first-order chi connectivity index (χ1) is 14.4. The van der Waals surface area contributed by atoms with Gasteiger partial charge in [-0.25, -0.2) is 0 Å². The highest BCUT2D eigenvalue weighted by atomic mass is 32.1. The smallest absolute Gasteiger partial charge is 0.263 e. The molecule has 0 bridgehead atoms. The number of aryl methyl sites for hydroxylation is 1. The van der Waals surface area contributed by atoms with Gasteiger partial charge in [-0.3, -0.25) is 9.48 Å². The SMILES string of the molecule is CCN1CC(CN(C)C(=O)c2cc3c(C)nn(CC(C)C)c3s2)Oc2ccccc21. The fraction of sp³-hybridized carbons (Fsp3) is 0.478. The topological polar surface area (TPSA) is 50.6 Å². The largest absolute Gasteiger partial charge is 0.485 e. The van der Waals surface area contributed by atoms with Crippen molar-refractivity contribution in [3.05, 3.63) is 40.9 Å². The number of aromatic nitrogens is 2. The summed E-state index contributed by atoms with van der Waals surface area (Å²) in [4.78, 5) is 19.1. The van der Waals surface area contributed by atoms with Crippen molar-refractivity contribution in [1.82, 2.24) is 14.7 Å². The van der Waals surface area contributed by atoms with Crippen molar-refractivity contribution in [1.29, 1.82) is 0 Å². The van der Waals surface area contributed by atoms with Crippen LogP contribution >= 0.6 is 11.3 Å². The van der Waals surface area contributed by atoms with Gasteiger partial charge in [0, 0.05) is 25.5 Å². The van der Waals surface area contributed by atoms with Gasteiger partial charge < -0.3 is 14.5 Å². The highest BCUT2D eigenvalue weighted by molar-refractivity contribution is 7.20. The average molecular weight is 427 g/mol. The van der Waals surface area contributed by atoms with Crippen LogP contribution in [-0.4, -0.2) is 53.4 Å². The molecule has 3 aromatic rings. The van der Waals surface area contributed by atoms with Crippen LogP contribution in [-0.2, 0) is 6.54 Å². The van der Waals surface area contributed by atoms with E-state index in [1.165, 1.54) is 11.3 Å². The molecule has 3 heterocycles. The lowest BCUT2D eigenvalue weighted by Gasteiger charge is -2.37. The van der Waals surface area contributed by atoms with Crippen molar-refractivity contribution in [3.63, 3.8) is 0 Å². The number of hydrogen-bond donors (Lipinski definition) is 0. The Balaban J connectivity index is 1.50. The van der Waals surface area contributed by atoms with E-state index in [4.69, 9.17) is 4.74 Å². The van der Waals surface area contributed by atoms with Crippen LogP contribution < -0.4 is 9.64 Å². The van der Waals surface area contributed by atoms with E-state index in [-0.39, 0.29) is 12.0 Å². The van der Waals surface area contributed by atoms with Gasteiger partial charge in [0.2, 0.25) is 0 Å². The highest BCUT2D eigenvalue weighted by Crippen LogP contribution is 2.33. The molecule has 1 unspecified atom stereocenters. The second kappa shape index (κ2) is 8.30. The molecule has 1 aromatic carbocycles. The lowest BCUT2D eigenvalue weighted by Crippen LogP contribution is -2.46. The zero-order valence-corrected chi connectivity index (χ0v) is 19.2. The summed E-state index contributed by atoms with van der Waals surface area (Å²) in [5.74, 6) is 1.43. The molecule has 0 radical (unpaired) electrons. The maximum Gasteiger partial charge on any atom is 0.263 e. The average Bonchev–Trinajstić information content (AvgIpc) is 3.27. The molecule has 0 saturated carbocycles. The van der Waals surface area contributed by atoms with Crippen molar-refractivity contribution in [2.75, 3.05) is 31.6 Å². The van der Waals surface area contributed by atoms with Crippen molar-refractivity contribution in [3.8, 4) is 5.75 Å². The maximum atomic E-state index is 13.2. The monoisotopic (exact) mass is 426 g/mol. The van der Waals surface area contributed by atoms with Crippen molar-refractivity contribution in [2.24, 2.45) is 5.92 Å². The van der Waals surface area contributed by atoms with Crippen molar-refractivity contribution in [2.45, 2.75) is 40.3 Å². The number of para-hydroxylation sites is 2. The molecule has 160 valence electrons. The predicted octanol–water partition coefficient (Wildman–Crippen LogP) is 4.42. The molecule has 0 saturated heterocycles. The number of ether oxygens (including phenoxy) is 1. The van der Waals surface area contributed by atoms with Crippen LogP contribution in [0, 0.1) is 12.8 Å². The third-order valence-electron chi connectivity index (χ3n) is 5.49. The lowest BCUT2D eigenvalue weighted by atomic mass is 10.2. The Kier molecular flexibility index (Phi) is 5.73. The summed E-state index contributed by atoms with van der Waals surface area (Å²) in [6.07, 6.45) is -0.0543. The quantitative estimate of drug-likeness (QED) is 0.585. The van der Waals surface area contributed by atoms with E-state index in [1.807, 2.05) is 42.9 Å². The number of amides is 1. The Morgan fingerprint density at radius 1 is 1.37 bits per heavy atom. The number of rotatable bonds is 6. The first kappa shape index (κ1) is 20.7. The number of benzene rings is 1. The van der Waals surface area contributed by atoms with E-state index in [0.717, 1.165) is 51.9 Å². The normalized spacial score (nSPS) is 16.1. The van der Waals surface area contributed by atoms with Crippen LogP contribution in [0.25, 0.3) is 10.2 Å². The molecular weight excluding hydrogens is 396 g/mol. The maximum absolute atomic E-state index is 13.2. The highest BCUT2D eigenvalue weighted by Gasteiger charge is 2.28. The third kappa shape index (κ3) is 3.90. The molecule has 1 aliphatic rings. The minimum Gasteiger partial charge on any atom is -0.485 e. The summed E-state index contributed by atoms with van der Waals surface area (Å²) in [6.45, 7) is 11.6. The van der Waals surface area contributed by atoms with Gasteiger partial charge in [-0.05, 0) is 38.0 Å². The summed E-state index contributed by atoms with van der Waals surface area (Å²) in [7, 11) is 1.86. The Bertz CT molecular complexity index is 1050. The Hall–Kier alpha value is -2.54. The summed E-state index contributed by atoms with van der Waals surface area (Å²) in [5.41, 5.74) is 2.11. The molecule has 1 atom stereocenters. The van der Waals surface area contributed by atoms with Crippen LogP contribution in [0.5, 0.6) is 5.75 Å². The molecule has 1 aliphatic heterocycles. The van der Waals surface area contributed by atoms with E-state index < -0.39 is 0 Å². The number of anilines is 1. The van der Waals surface area contributed by atoms with Crippen LogP contribution in [0.1, 0.15) is 36.1 Å². The first-order valence-corrected chi connectivity index (χ1v) is 11.4. The van der Waals surface area contributed by atoms with Crippen LogP contribution in [0.4, 0.5) is 5.69 Å². The zero-order chi connectivity index (χ0) is 21.4. The fourth-order valence-electron chi connectivity index (χ4n) is 4.04. The molecule has 2 aromatic heterocycles. The van der Waals surface area contributed by atoms with Crippen molar-refractivity contribution < 1.29 is 9.53 Å². The summed E-state index contributed by atoms with van der Waals surface area (Å²) in [6, 6.07) is 10.1. The van der Waals surface area contributed by atoms with E-state index >= 15 is 0 Å². The van der Waals surface area contributed by atoms with Gasteiger partial charge in [-0.2, -0.15) is 5.10 Å². The molecule has 0 fully saturated rings. The number of thiophene rings is 1. The number of likely N-dealkylation sites (N-methyl/N-ethyl adjacent to an activating group) is 2. The minimum absolute atomic E-state index is 0.0391. The fourth-order valence-corrected chi connectivity index (χ4v) is 5.20. The number of carbonyl (C=O) groups is 1. The lowest BCUT2D eigenvalue weighted by molar-refractivity contribution is 0.0714. The summed E-state index contributed by atoms with van der Waals surface area (Å²) >= 11 is 1.54. The Morgan fingerprint density at radius 2 is 2.13 bits per heavy atom. The zero-order valence-electron chi connectivity index (χ0n) is 18.4. The Labute approximate surface area is 182 Å². The number of nitrogens with zero attached hydrogens (tertiary/aromatic N) is 4. The summed E-state index contributed by atoms with van der Waals surface area (Å²) < 4.78 is 8.24. The second-order valence-corrected chi connectivity index (χ2v) is 9.45. The molecule has 0 spiro atoms. The minimum atomic E-state index is -0.0543. The van der Waals surface area contributed by atoms with Gasteiger partial charge in [0.05, 0.1) is 29.3 Å². The molecule has 30 heavy (non-hydrogen) atoms. The van der Waals surface area contributed by atoms with Gasteiger partial charge in [-0.15, -0.1) is 11.3 Å². The first-order valence-electron chi connectivity index (χ1n) is 10.6. The molecule has 0 N–H and O–H groups in total. The Morgan fingerprint density at radius 3 is 2.87 bits per heavy atom. The molecule has 6 nitrogen and oxygen atoms in total. The van der Waals surface area contributed by atoms with Gasteiger partial charge in [0.1, 0.15) is 16.7 Å². The molecule has 4 rings (SSSR count). The van der Waals surface area contributed by atoms with Crippen LogP contribution in [0.3, 0.4) is 0 Å². The van der Waals surface area contributed by atoms with Gasteiger partial charge >= 0.3 is 0 Å². The second-order valence-electron chi connectivity index (χ2n) is 8.42. The van der Waals surface area contributed by atoms with Crippen molar-refractivity contribution >= 4 is 33.1 Å². The third-order valence-corrected chi connectivity index (χ3v) is 6.62.